The van der Waals surface area contributed by atoms with Gasteiger partial charge in [-0.05, 0) is 40.0 Å². The fourth-order valence-corrected chi connectivity index (χ4v) is 2.12. The third kappa shape index (κ3) is 5.80. The highest BCUT2D eigenvalue weighted by molar-refractivity contribution is 4.71. The number of nitrogens with two attached hydrogens (primary N) is 1. The van der Waals surface area contributed by atoms with E-state index >= 15 is 0 Å². The number of hydrogen-bond acceptors (Lipinski definition) is 4. The maximum atomic E-state index is 5.74. The van der Waals surface area contributed by atoms with Gasteiger partial charge in [0.15, 0.2) is 0 Å². The Balaban J connectivity index is 2.06. The molecule has 0 saturated carbocycles. The van der Waals surface area contributed by atoms with E-state index in [1.165, 1.54) is 12.8 Å². The minimum atomic E-state index is 0.387. The van der Waals surface area contributed by atoms with Gasteiger partial charge in [0.2, 0.25) is 0 Å². The molecular formula is C12H27N3O. The highest BCUT2D eigenvalue weighted by Gasteiger charge is 2.18. The molecule has 0 aliphatic carbocycles. The first kappa shape index (κ1) is 13.9. The molecule has 0 radical (unpaired) electrons. The van der Waals surface area contributed by atoms with Crippen LogP contribution in [0.15, 0.2) is 0 Å². The summed E-state index contributed by atoms with van der Waals surface area (Å²) in [7, 11) is 4.34. The van der Waals surface area contributed by atoms with Crippen LogP contribution in [-0.2, 0) is 4.74 Å². The molecule has 96 valence electrons. The molecule has 1 rings (SSSR count). The number of nitrogens with zero attached hydrogens (tertiary/aromatic N) is 2. The van der Waals surface area contributed by atoms with Crippen LogP contribution in [0.3, 0.4) is 0 Å². The lowest BCUT2D eigenvalue weighted by Crippen LogP contribution is -2.45. The molecule has 1 heterocycles. The van der Waals surface area contributed by atoms with Crippen LogP contribution >= 0.6 is 0 Å². The van der Waals surface area contributed by atoms with Crippen molar-refractivity contribution < 1.29 is 4.74 Å². The summed E-state index contributed by atoms with van der Waals surface area (Å²) in [6, 6.07) is 0. The molecule has 0 amide bonds. The van der Waals surface area contributed by atoms with Crippen LogP contribution in [-0.4, -0.2) is 69.3 Å². The van der Waals surface area contributed by atoms with E-state index in [0.29, 0.717) is 6.10 Å². The molecule has 0 aromatic rings. The van der Waals surface area contributed by atoms with Crippen LogP contribution in [0.2, 0.25) is 0 Å². The van der Waals surface area contributed by atoms with Crippen molar-refractivity contribution >= 4 is 0 Å². The molecule has 0 aromatic heterocycles. The van der Waals surface area contributed by atoms with E-state index in [4.69, 9.17) is 10.5 Å². The Morgan fingerprint density at radius 3 is 2.88 bits per heavy atom. The second-order valence-corrected chi connectivity index (χ2v) is 4.87. The minimum absolute atomic E-state index is 0.387. The quantitative estimate of drug-likeness (QED) is 0.641. The van der Waals surface area contributed by atoms with Crippen LogP contribution in [0, 0.1) is 0 Å². The van der Waals surface area contributed by atoms with Crippen LogP contribution in [0.4, 0.5) is 0 Å². The first-order valence-electron chi connectivity index (χ1n) is 6.41. The lowest BCUT2D eigenvalue weighted by Gasteiger charge is -2.32. The Morgan fingerprint density at radius 1 is 1.38 bits per heavy atom. The van der Waals surface area contributed by atoms with Gasteiger partial charge in [-0.25, -0.2) is 0 Å². The monoisotopic (exact) mass is 229 g/mol. The van der Waals surface area contributed by atoms with Gasteiger partial charge < -0.3 is 20.3 Å². The second kappa shape index (κ2) is 8.01. The van der Waals surface area contributed by atoms with Crippen molar-refractivity contribution in [3.05, 3.63) is 0 Å². The molecule has 4 nitrogen and oxygen atoms in total. The van der Waals surface area contributed by atoms with E-state index in [2.05, 4.69) is 23.9 Å². The third-order valence-electron chi connectivity index (χ3n) is 3.10. The van der Waals surface area contributed by atoms with Crippen LogP contribution < -0.4 is 5.73 Å². The SMILES string of the molecule is CN(CCCCCN)CC1CN(C)CCO1. The number of ether oxygens (including phenoxy) is 1. The van der Waals surface area contributed by atoms with Gasteiger partial charge in [-0.3, -0.25) is 0 Å². The van der Waals surface area contributed by atoms with E-state index in [-0.39, 0.29) is 0 Å². The number of unbranched alkanes of at least 4 members (excludes halogenated alkanes) is 2. The summed E-state index contributed by atoms with van der Waals surface area (Å²) >= 11 is 0. The Kier molecular flexibility index (Phi) is 6.96. The molecule has 0 spiro atoms. The largest absolute Gasteiger partial charge is 0.374 e. The molecule has 2 N–H and O–H groups in total. The van der Waals surface area contributed by atoms with Gasteiger partial charge in [-0.15, -0.1) is 0 Å². The molecular weight excluding hydrogens is 202 g/mol. The van der Waals surface area contributed by atoms with Gasteiger partial charge in [0.05, 0.1) is 12.7 Å². The molecule has 1 atom stereocenters. The summed E-state index contributed by atoms with van der Waals surface area (Å²) in [4.78, 5) is 4.72. The van der Waals surface area contributed by atoms with Gasteiger partial charge in [0.1, 0.15) is 0 Å². The summed E-state index contributed by atoms with van der Waals surface area (Å²) < 4.78 is 5.74. The number of likely N-dealkylation sites (N-methyl/N-ethyl adjacent to an activating group) is 2. The normalized spacial score (nSPS) is 22.9. The first-order chi connectivity index (χ1) is 7.72. The summed E-state index contributed by atoms with van der Waals surface area (Å²) in [5.41, 5.74) is 5.47. The van der Waals surface area contributed by atoms with E-state index in [9.17, 15) is 0 Å². The topological polar surface area (TPSA) is 41.7 Å². The third-order valence-corrected chi connectivity index (χ3v) is 3.10. The van der Waals surface area contributed by atoms with Gasteiger partial charge in [-0.1, -0.05) is 6.42 Å². The van der Waals surface area contributed by atoms with Crippen LogP contribution in [0.1, 0.15) is 19.3 Å². The standard InChI is InChI=1S/C12H27N3O/c1-14(7-5-3-4-6-13)10-12-11-15(2)8-9-16-12/h12H,3-11,13H2,1-2H3. The Morgan fingerprint density at radius 2 is 2.19 bits per heavy atom. The van der Waals surface area contributed by atoms with Gasteiger partial charge in [0.25, 0.3) is 0 Å². The molecule has 1 fully saturated rings. The molecule has 1 aliphatic heterocycles. The summed E-state index contributed by atoms with van der Waals surface area (Å²) in [6.45, 7) is 6.03. The molecule has 16 heavy (non-hydrogen) atoms. The summed E-state index contributed by atoms with van der Waals surface area (Å²) in [6.07, 6.45) is 4.03. The van der Waals surface area contributed by atoms with Crippen molar-refractivity contribution in [1.29, 1.82) is 0 Å². The minimum Gasteiger partial charge on any atom is -0.374 e. The van der Waals surface area contributed by atoms with E-state index in [1.807, 2.05) is 0 Å². The van der Waals surface area contributed by atoms with Crippen molar-refractivity contribution in [2.75, 3.05) is 53.4 Å². The van der Waals surface area contributed by atoms with Crippen molar-refractivity contribution in [2.24, 2.45) is 5.73 Å². The molecule has 0 bridgehead atoms. The highest BCUT2D eigenvalue weighted by atomic mass is 16.5. The highest BCUT2D eigenvalue weighted by Crippen LogP contribution is 2.05. The van der Waals surface area contributed by atoms with Gasteiger partial charge in [0, 0.05) is 19.6 Å². The smallest absolute Gasteiger partial charge is 0.0829 e. The van der Waals surface area contributed by atoms with Crippen molar-refractivity contribution in [3.8, 4) is 0 Å². The number of morpholine rings is 1. The number of rotatable bonds is 7. The first-order valence-corrected chi connectivity index (χ1v) is 6.41. The van der Waals surface area contributed by atoms with E-state index in [0.717, 1.165) is 45.8 Å². The van der Waals surface area contributed by atoms with Crippen molar-refractivity contribution in [1.82, 2.24) is 9.80 Å². The predicted molar refractivity (Wildman–Crippen MR) is 67.6 cm³/mol. The molecule has 0 aromatic carbocycles. The second-order valence-electron chi connectivity index (χ2n) is 4.87. The Labute approximate surface area is 99.7 Å². The maximum absolute atomic E-state index is 5.74. The average molecular weight is 229 g/mol. The zero-order valence-corrected chi connectivity index (χ0v) is 10.8. The lowest BCUT2D eigenvalue weighted by atomic mass is 10.2. The molecule has 1 aliphatic rings. The van der Waals surface area contributed by atoms with Gasteiger partial charge in [-0.2, -0.15) is 0 Å². The predicted octanol–water partition coefficient (Wildman–Crippen LogP) is 0.378. The molecule has 1 unspecified atom stereocenters. The molecule has 1 saturated heterocycles. The fraction of sp³-hybridized carbons (Fsp3) is 1.00. The zero-order valence-electron chi connectivity index (χ0n) is 10.8. The Bertz CT molecular complexity index is 178. The Hall–Kier alpha value is -0.160. The van der Waals surface area contributed by atoms with E-state index in [1.54, 1.807) is 0 Å². The summed E-state index contributed by atoms with van der Waals surface area (Å²) in [5, 5.41) is 0. The van der Waals surface area contributed by atoms with Crippen LogP contribution in [0.25, 0.3) is 0 Å². The lowest BCUT2D eigenvalue weighted by molar-refractivity contribution is -0.0325. The number of hydrogen-bond donors (Lipinski definition) is 1. The van der Waals surface area contributed by atoms with Gasteiger partial charge >= 0.3 is 0 Å². The fourth-order valence-electron chi connectivity index (χ4n) is 2.12. The summed E-state index contributed by atoms with van der Waals surface area (Å²) in [5.74, 6) is 0. The zero-order chi connectivity index (χ0) is 11.8. The van der Waals surface area contributed by atoms with Crippen molar-refractivity contribution in [3.63, 3.8) is 0 Å². The van der Waals surface area contributed by atoms with Crippen LogP contribution in [0.5, 0.6) is 0 Å². The maximum Gasteiger partial charge on any atom is 0.0829 e. The van der Waals surface area contributed by atoms with Crippen molar-refractivity contribution in [2.45, 2.75) is 25.4 Å². The van der Waals surface area contributed by atoms with E-state index < -0.39 is 0 Å². The molecule has 4 heteroatoms. The average Bonchev–Trinajstić information content (AvgIpc) is 2.24.